The molecule has 1 atom stereocenters. The predicted molar refractivity (Wildman–Crippen MR) is 64.0 cm³/mol. The molecule has 1 aliphatic rings. The molecule has 82 valence electrons. The van der Waals surface area contributed by atoms with Crippen LogP contribution in [0.25, 0.3) is 0 Å². The fraction of sp³-hybridized carbons (Fsp3) is 0.600. The van der Waals surface area contributed by atoms with Gasteiger partial charge in [0.1, 0.15) is 0 Å². The minimum Gasteiger partial charge on any atom is -0.342 e. The van der Waals surface area contributed by atoms with Crippen molar-refractivity contribution in [3.63, 3.8) is 0 Å². The van der Waals surface area contributed by atoms with E-state index in [4.69, 9.17) is 0 Å². The second-order valence-corrected chi connectivity index (χ2v) is 6.25. The summed E-state index contributed by atoms with van der Waals surface area (Å²) in [5, 5.41) is 1.15. The van der Waals surface area contributed by atoms with Crippen LogP contribution in [-0.2, 0) is 4.79 Å². The van der Waals surface area contributed by atoms with Gasteiger partial charge in [0.05, 0.1) is 15.0 Å². The second kappa shape index (κ2) is 4.61. The van der Waals surface area contributed by atoms with Gasteiger partial charge < -0.3 is 4.90 Å². The quantitative estimate of drug-likeness (QED) is 0.796. The van der Waals surface area contributed by atoms with Crippen LogP contribution in [0.4, 0.5) is 0 Å². The molecular weight excluding hydrogens is 276 g/mol. The summed E-state index contributed by atoms with van der Waals surface area (Å²) in [5.74, 6) is 0.606. The van der Waals surface area contributed by atoms with Gasteiger partial charge in [0, 0.05) is 25.9 Å². The molecule has 1 aromatic rings. The third-order valence-corrected chi connectivity index (χ3v) is 4.35. The van der Waals surface area contributed by atoms with Crippen molar-refractivity contribution in [3.05, 3.63) is 15.0 Å². The van der Waals surface area contributed by atoms with Gasteiger partial charge in [0.25, 0.3) is 0 Å². The monoisotopic (exact) mass is 288 g/mol. The zero-order chi connectivity index (χ0) is 10.8. The van der Waals surface area contributed by atoms with E-state index in [1.165, 1.54) is 0 Å². The Morgan fingerprint density at radius 3 is 3.13 bits per heavy atom. The number of likely N-dealkylation sites (tertiary alicyclic amines) is 1. The first-order chi connectivity index (χ1) is 7.16. The highest BCUT2D eigenvalue weighted by Crippen LogP contribution is 2.31. The van der Waals surface area contributed by atoms with E-state index >= 15 is 0 Å². The normalized spacial score (nSPS) is 21.7. The van der Waals surface area contributed by atoms with E-state index in [0.29, 0.717) is 5.92 Å². The van der Waals surface area contributed by atoms with E-state index in [0.717, 1.165) is 34.7 Å². The minimum atomic E-state index is 0.176. The molecular formula is C10H13BrN2OS. The maximum absolute atomic E-state index is 11.3. The number of carbonyl (C=O) groups is 1. The molecule has 15 heavy (non-hydrogen) atoms. The van der Waals surface area contributed by atoms with Crippen LogP contribution >= 0.6 is 27.3 Å². The molecule has 0 aromatic carbocycles. The van der Waals surface area contributed by atoms with Gasteiger partial charge in [-0.25, -0.2) is 4.98 Å². The first-order valence-electron chi connectivity index (χ1n) is 5.03. The summed E-state index contributed by atoms with van der Waals surface area (Å²) >= 11 is 5.09. The van der Waals surface area contributed by atoms with Crippen molar-refractivity contribution < 1.29 is 4.79 Å². The fourth-order valence-corrected chi connectivity index (χ4v) is 3.29. The zero-order valence-corrected chi connectivity index (χ0v) is 11.0. The van der Waals surface area contributed by atoms with Gasteiger partial charge in [-0.2, -0.15) is 0 Å². The highest BCUT2D eigenvalue weighted by atomic mass is 79.9. The van der Waals surface area contributed by atoms with Gasteiger partial charge in [-0.15, -0.1) is 11.3 Å². The van der Waals surface area contributed by atoms with Crippen molar-refractivity contribution >= 4 is 33.2 Å². The lowest BCUT2D eigenvalue weighted by atomic mass is 9.99. The Labute approximate surface area is 102 Å². The lowest BCUT2D eigenvalue weighted by Crippen LogP contribution is -2.37. The Hall–Kier alpha value is -0.420. The summed E-state index contributed by atoms with van der Waals surface area (Å²) in [6.45, 7) is 3.37. The number of carbonyl (C=O) groups excluding carboxylic acids is 1. The third-order valence-electron chi connectivity index (χ3n) is 2.71. The molecule has 0 bridgehead atoms. The molecule has 3 nitrogen and oxygen atoms in total. The van der Waals surface area contributed by atoms with Crippen LogP contribution < -0.4 is 0 Å². The van der Waals surface area contributed by atoms with Crippen LogP contribution in [0.2, 0.25) is 0 Å². The Morgan fingerprint density at radius 2 is 2.53 bits per heavy atom. The fourth-order valence-electron chi connectivity index (χ4n) is 1.92. The number of thiazole rings is 1. The molecule has 0 saturated carbocycles. The van der Waals surface area contributed by atoms with Crippen molar-refractivity contribution in [2.45, 2.75) is 25.7 Å². The molecule has 1 aliphatic heterocycles. The molecule has 1 amide bonds. The SMILES string of the molecule is CC(=O)N1CCC[C@H](c2ncc(Br)s2)C1. The van der Waals surface area contributed by atoms with Gasteiger partial charge in [0.15, 0.2) is 0 Å². The largest absolute Gasteiger partial charge is 0.342 e. The van der Waals surface area contributed by atoms with E-state index in [9.17, 15) is 4.79 Å². The number of nitrogens with zero attached hydrogens (tertiary/aromatic N) is 2. The number of amides is 1. The molecule has 1 saturated heterocycles. The number of rotatable bonds is 1. The summed E-state index contributed by atoms with van der Waals surface area (Å²) in [5.41, 5.74) is 0. The molecule has 0 spiro atoms. The van der Waals surface area contributed by atoms with Crippen LogP contribution in [0.3, 0.4) is 0 Å². The summed E-state index contributed by atoms with van der Waals surface area (Å²) in [4.78, 5) is 17.6. The predicted octanol–water partition coefficient (Wildman–Crippen LogP) is 2.63. The van der Waals surface area contributed by atoms with Gasteiger partial charge in [-0.1, -0.05) is 0 Å². The topological polar surface area (TPSA) is 33.2 Å². The Kier molecular flexibility index (Phi) is 3.41. The van der Waals surface area contributed by atoms with E-state index < -0.39 is 0 Å². The van der Waals surface area contributed by atoms with Crippen LogP contribution in [0.1, 0.15) is 30.7 Å². The standard InChI is InChI=1S/C10H13BrN2OS/c1-7(14)13-4-2-3-8(6-13)10-12-5-9(11)15-10/h5,8H,2-4,6H2,1H3/t8-/m0/s1. The zero-order valence-electron chi connectivity index (χ0n) is 8.57. The Balaban J connectivity index is 2.07. The van der Waals surface area contributed by atoms with Crippen molar-refractivity contribution in [1.82, 2.24) is 9.88 Å². The molecule has 0 N–H and O–H groups in total. The van der Waals surface area contributed by atoms with Crippen molar-refractivity contribution in [1.29, 1.82) is 0 Å². The van der Waals surface area contributed by atoms with E-state index in [2.05, 4.69) is 20.9 Å². The highest BCUT2D eigenvalue weighted by molar-refractivity contribution is 9.11. The Bertz CT molecular complexity index is 366. The number of hydrogen-bond donors (Lipinski definition) is 0. The summed E-state index contributed by atoms with van der Waals surface area (Å²) in [7, 11) is 0. The van der Waals surface area contributed by atoms with Crippen LogP contribution in [0, 0.1) is 0 Å². The number of piperidine rings is 1. The van der Waals surface area contributed by atoms with Gasteiger partial charge in [0.2, 0.25) is 5.91 Å². The van der Waals surface area contributed by atoms with Crippen molar-refractivity contribution in [2.75, 3.05) is 13.1 Å². The molecule has 0 unspecified atom stereocenters. The summed E-state index contributed by atoms with van der Waals surface area (Å²) in [6.07, 6.45) is 4.07. The molecule has 0 radical (unpaired) electrons. The summed E-state index contributed by atoms with van der Waals surface area (Å²) < 4.78 is 1.07. The maximum atomic E-state index is 11.3. The van der Waals surface area contributed by atoms with Crippen molar-refractivity contribution in [2.24, 2.45) is 0 Å². The molecule has 2 heterocycles. The highest BCUT2D eigenvalue weighted by Gasteiger charge is 2.24. The van der Waals surface area contributed by atoms with Crippen LogP contribution in [0.15, 0.2) is 9.98 Å². The minimum absolute atomic E-state index is 0.176. The maximum Gasteiger partial charge on any atom is 0.219 e. The first kappa shape index (κ1) is 11.1. The lowest BCUT2D eigenvalue weighted by Gasteiger charge is -2.30. The van der Waals surface area contributed by atoms with Crippen LogP contribution in [-0.4, -0.2) is 28.9 Å². The average Bonchev–Trinajstić information content (AvgIpc) is 2.65. The molecule has 2 rings (SSSR count). The van der Waals surface area contributed by atoms with Gasteiger partial charge in [-0.3, -0.25) is 4.79 Å². The molecule has 0 aliphatic carbocycles. The first-order valence-corrected chi connectivity index (χ1v) is 6.64. The van der Waals surface area contributed by atoms with Crippen molar-refractivity contribution in [3.8, 4) is 0 Å². The Morgan fingerprint density at radius 1 is 1.73 bits per heavy atom. The van der Waals surface area contributed by atoms with E-state index in [-0.39, 0.29) is 5.91 Å². The van der Waals surface area contributed by atoms with Gasteiger partial charge >= 0.3 is 0 Å². The number of halogens is 1. The van der Waals surface area contributed by atoms with Crippen LogP contribution in [0.5, 0.6) is 0 Å². The number of hydrogen-bond acceptors (Lipinski definition) is 3. The van der Waals surface area contributed by atoms with Gasteiger partial charge in [-0.05, 0) is 28.8 Å². The third kappa shape index (κ3) is 2.58. The van der Waals surface area contributed by atoms with E-state index in [1.54, 1.807) is 18.3 Å². The number of aromatic nitrogens is 1. The second-order valence-electron chi connectivity index (χ2n) is 3.81. The molecule has 5 heteroatoms. The van der Waals surface area contributed by atoms with E-state index in [1.807, 2.05) is 11.1 Å². The average molecular weight is 289 g/mol. The lowest BCUT2D eigenvalue weighted by molar-refractivity contribution is -0.130. The summed E-state index contributed by atoms with van der Waals surface area (Å²) in [6, 6.07) is 0. The smallest absolute Gasteiger partial charge is 0.219 e. The molecule has 1 aromatic heterocycles. The molecule has 1 fully saturated rings.